The number of halogens is 5. The Balaban J connectivity index is 0.00000116. The van der Waals surface area contributed by atoms with Crippen molar-refractivity contribution < 1.29 is 22.7 Å². The molecule has 1 N–H and O–H groups in total. The fourth-order valence-corrected chi connectivity index (χ4v) is 3.26. The second-order valence-electron chi connectivity index (χ2n) is 5.72. The van der Waals surface area contributed by atoms with E-state index >= 15 is 0 Å². The minimum Gasteiger partial charge on any atom is -0.505 e. The Morgan fingerprint density at radius 2 is 1.77 bits per heavy atom. The maximum atomic E-state index is 14.0. The van der Waals surface area contributed by atoms with Gasteiger partial charge in [-0.15, -0.1) is 0 Å². The van der Waals surface area contributed by atoms with E-state index in [4.69, 9.17) is 0 Å². The lowest BCUT2D eigenvalue weighted by Crippen LogP contribution is -2.20. The van der Waals surface area contributed by atoms with Crippen LogP contribution in [0.4, 0.5) is 17.6 Å². The van der Waals surface area contributed by atoms with Crippen LogP contribution in [0.1, 0.15) is 64.0 Å². The van der Waals surface area contributed by atoms with Crippen molar-refractivity contribution in [2.45, 2.75) is 64.5 Å². The van der Waals surface area contributed by atoms with Crippen LogP contribution in [0.15, 0.2) is 10.5 Å². The highest BCUT2D eigenvalue weighted by Gasteiger charge is 2.53. The fraction of sp³-hybridized carbons (Fsp3) is 0.625. The summed E-state index contributed by atoms with van der Waals surface area (Å²) in [5.74, 6) is -1.53. The molecule has 1 aromatic carbocycles. The van der Waals surface area contributed by atoms with E-state index < -0.39 is 29.6 Å². The van der Waals surface area contributed by atoms with E-state index in [-0.39, 0.29) is 10.4 Å². The normalized spacial score (nSPS) is 16.3. The summed E-state index contributed by atoms with van der Waals surface area (Å²) in [5.41, 5.74) is -0.391. The Morgan fingerprint density at radius 3 is 2.14 bits per heavy atom. The highest BCUT2D eigenvalue weighted by atomic mass is 79.9. The zero-order valence-corrected chi connectivity index (χ0v) is 14.7. The number of alkyl halides is 3. The lowest BCUT2D eigenvalue weighted by molar-refractivity contribution is -0.141. The van der Waals surface area contributed by atoms with Gasteiger partial charge >= 0.3 is 6.18 Å². The number of phenols is 1. The van der Waals surface area contributed by atoms with Gasteiger partial charge in [0, 0.05) is 5.41 Å². The van der Waals surface area contributed by atoms with Crippen LogP contribution in [-0.2, 0) is 5.41 Å². The van der Waals surface area contributed by atoms with E-state index in [0.717, 1.165) is 0 Å². The van der Waals surface area contributed by atoms with Gasteiger partial charge in [-0.2, -0.15) is 13.2 Å². The van der Waals surface area contributed by atoms with Crippen molar-refractivity contribution in [2.24, 2.45) is 0 Å². The Hall–Kier alpha value is -0.780. The third-order valence-corrected chi connectivity index (χ3v) is 4.57. The lowest BCUT2D eigenvalue weighted by Gasteiger charge is -2.22. The summed E-state index contributed by atoms with van der Waals surface area (Å²) in [6, 6.07) is 1.51. The Labute approximate surface area is 136 Å². The first-order chi connectivity index (χ1) is 10.1. The van der Waals surface area contributed by atoms with E-state index in [1.165, 1.54) is 6.07 Å². The van der Waals surface area contributed by atoms with Crippen molar-refractivity contribution >= 4 is 15.9 Å². The predicted molar refractivity (Wildman–Crippen MR) is 82.8 cm³/mol. The highest BCUT2D eigenvalue weighted by Crippen LogP contribution is 2.57. The average Bonchev–Trinajstić information content (AvgIpc) is 3.16. The third-order valence-electron chi connectivity index (χ3n) is 3.80. The molecule has 0 unspecified atom stereocenters. The molecule has 0 atom stereocenters. The first-order valence-corrected chi connectivity index (χ1v) is 8.15. The number of hydrogen-bond acceptors (Lipinski definition) is 1. The largest absolute Gasteiger partial charge is 0.505 e. The highest BCUT2D eigenvalue weighted by molar-refractivity contribution is 9.10. The van der Waals surface area contributed by atoms with Gasteiger partial charge in [-0.3, -0.25) is 0 Å². The van der Waals surface area contributed by atoms with Crippen LogP contribution in [0.5, 0.6) is 5.75 Å². The van der Waals surface area contributed by atoms with Crippen molar-refractivity contribution in [3.05, 3.63) is 27.5 Å². The molecule has 0 radical (unpaired) electrons. The lowest BCUT2D eigenvalue weighted by atomic mass is 9.88. The molecule has 1 aromatic rings. The molecule has 0 amide bonds. The topological polar surface area (TPSA) is 20.2 Å². The molecule has 1 aliphatic rings. The van der Waals surface area contributed by atoms with Gasteiger partial charge in [-0.25, -0.2) is 4.39 Å². The molecular formula is C16H21BrF4O. The van der Waals surface area contributed by atoms with E-state index in [1.807, 2.05) is 13.8 Å². The summed E-state index contributed by atoms with van der Waals surface area (Å²) in [4.78, 5) is 0. The summed E-state index contributed by atoms with van der Waals surface area (Å²) in [7, 11) is 0. The monoisotopic (exact) mass is 384 g/mol. The standard InChI is InChI=1S/C14H15BrF4O.C2H6/c1-7(2)8-5-9(10(15)11(16)12(8)20)13(3-4-13)6-14(17,18)19;1-2/h5,7,20H,3-4,6H2,1-2H3;1-2H3. The van der Waals surface area contributed by atoms with E-state index in [2.05, 4.69) is 15.9 Å². The van der Waals surface area contributed by atoms with E-state index in [1.54, 1.807) is 13.8 Å². The van der Waals surface area contributed by atoms with Crippen LogP contribution in [0.3, 0.4) is 0 Å². The smallest absolute Gasteiger partial charge is 0.389 e. The van der Waals surface area contributed by atoms with Crippen molar-refractivity contribution in [3.8, 4) is 5.75 Å². The van der Waals surface area contributed by atoms with Gasteiger partial charge in [0.1, 0.15) is 0 Å². The molecule has 0 spiro atoms. The van der Waals surface area contributed by atoms with Crippen molar-refractivity contribution in [1.82, 2.24) is 0 Å². The number of rotatable bonds is 3. The maximum absolute atomic E-state index is 14.0. The molecule has 2 rings (SSSR count). The molecule has 1 aliphatic carbocycles. The maximum Gasteiger partial charge on any atom is 0.389 e. The van der Waals surface area contributed by atoms with Gasteiger partial charge in [0.15, 0.2) is 11.6 Å². The molecule has 0 bridgehead atoms. The summed E-state index contributed by atoms with van der Waals surface area (Å²) in [6.07, 6.45) is -4.48. The average molecular weight is 385 g/mol. The molecule has 6 heteroatoms. The molecule has 0 aliphatic heterocycles. The minimum absolute atomic E-state index is 0.0545. The summed E-state index contributed by atoms with van der Waals surface area (Å²) < 4.78 is 52.0. The summed E-state index contributed by atoms with van der Waals surface area (Å²) in [6.45, 7) is 7.52. The number of benzene rings is 1. The van der Waals surface area contributed by atoms with Gasteiger partial charge in [-0.05, 0) is 51.9 Å². The van der Waals surface area contributed by atoms with E-state index in [0.29, 0.717) is 24.0 Å². The van der Waals surface area contributed by atoms with Crippen LogP contribution >= 0.6 is 15.9 Å². The molecule has 1 fully saturated rings. The van der Waals surface area contributed by atoms with Gasteiger partial charge < -0.3 is 5.11 Å². The second kappa shape index (κ2) is 6.77. The fourth-order valence-electron chi connectivity index (χ4n) is 2.54. The number of phenolic OH excluding ortho intramolecular Hbond substituents is 1. The predicted octanol–water partition coefficient (Wildman–Crippen LogP) is 6.43. The number of hydrogen-bond donors (Lipinski definition) is 1. The molecule has 0 heterocycles. The van der Waals surface area contributed by atoms with Crippen LogP contribution in [0.25, 0.3) is 0 Å². The zero-order chi connectivity index (χ0) is 17.3. The first kappa shape index (κ1) is 19.3. The van der Waals surface area contributed by atoms with Crippen molar-refractivity contribution in [2.75, 3.05) is 0 Å². The van der Waals surface area contributed by atoms with Gasteiger partial charge in [-0.1, -0.05) is 27.7 Å². The molecule has 1 nitrogen and oxygen atoms in total. The second-order valence-corrected chi connectivity index (χ2v) is 6.51. The van der Waals surface area contributed by atoms with Crippen LogP contribution in [-0.4, -0.2) is 11.3 Å². The minimum atomic E-state index is -4.29. The van der Waals surface area contributed by atoms with Crippen molar-refractivity contribution in [3.63, 3.8) is 0 Å². The SMILES string of the molecule is CC.CC(C)c1cc(C2(CC(F)(F)F)CC2)c(Br)c(F)c1O. The van der Waals surface area contributed by atoms with Gasteiger partial charge in [0.25, 0.3) is 0 Å². The molecule has 22 heavy (non-hydrogen) atoms. The van der Waals surface area contributed by atoms with Crippen LogP contribution in [0, 0.1) is 5.82 Å². The number of aromatic hydroxyl groups is 1. The first-order valence-electron chi connectivity index (χ1n) is 7.35. The Bertz CT molecular complexity index is 534. The third kappa shape index (κ3) is 3.94. The van der Waals surface area contributed by atoms with Crippen LogP contribution < -0.4 is 0 Å². The summed E-state index contributed by atoms with van der Waals surface area (Å²) >= 11 is 3.00. The molecule has 0 aromatic heterocycles. The van der Waals surface area contributed by atoms with Gasteiger partial charge in [0.2, 0.25) is 0 Å². The molecule has 126 valence electrons. The molecule has 1 saturated carbocycles. The molecular weight excluding hydrogens is 364 g/mol. The Kier molecular flexibility index (Phi) is 5.93. The van der Waals surface area contributed by atoms with E-state index in [9.17, 15) is 22.7 Å². The Morgan fingerprint density at radius 1 is 1.27 bits per heavy atom. The van der Waals surface area contributed by atoms with Crippen LogP contribution in [0.2, 0.25) is 0 Å². The molecule has 0 saturated heterocycles. The quantitative estimate of drug-likeness (QED) is 0.595. The van der Waals surface area contributed by atoms with Crippen molar-refractivity contribution in [1.29, 1.82) is 0 Å². The van der Waals surface area contributed by atoms with Gasteiger partial charge in [0.05, 0.1) is 10.9 Å². The zero-order valence-electron chi connectivity index (χ0n) is 13.1. The summed E-state index contributed by atoms with van der Waals surface area (Å²) in [5, 5.41) is 9.76.